The van der Waals surface area contributed by atoms with Crippen LogP contribution in [-0.4, -0.2) is 28.9 Å². The van der Waals surface area contributed by atoms with Gasteiger partial charge < -0.3 is 10.4 Å². The maximum atomic E-state index is 12.4. The predicted octanol–water partition coefficient (Wildman–Crippen LogP) is 2.43. The molecular weight excluding hydrogens is 288 g/mol. The Bertz CT molecular complexity index is 600. The quantitative estimate of drug-likeness (QED) is 0.881. The molecule has 5 heteroatoms. The van der Waals surface area contributed by atoms with Crippen LogP contribution in [0.3, 0.4) is 0 Å². The molecule has 4 nitrogen and oxygen atoms in total. The molecule has 2 aliphatic rings. The minimum Gasteiger partial charge on any atom is -0.391 e. The summed E-state index contributed by atoms with van der Waals surface area (Å²) in [5, 5.41) is 13.5. The SMILES string of the molecule is CC(O)C1N=C2CCCC[C@]2(c2ccccc2Cl)NC1=O. The molecule has 0 aromatic heterocycles. The third kappa shape index (κ3) is 2.36. The number of carbonyl (C=O) groups is 1. The predicted molar refractivity (Wildman–Crippen MR) is 82.6 cm³/mol. The Kier molecular flexibility index (Phi) is 3.76. The van der Waals surface area contributed by atoms with Gasteiger partial charge in [-0.25, -0.2) is 0 Å². The normalized spacial score (nSPS) is 30.1. The first kappa shape index (κ1) is 14.5. The van der Waals surface area contributed by atoms with Crippen molar-refractivity contribution in [3.05, 3.63) is 34.9 Å². The molecule has 2 unspecified atom stereocenters. The zero-order chi connectivity index (χ0) is 15.0. The molecule has 0 bridgehead atoms. The van der Waals surface area contributed by atoms with Crippen molar-refractivity contribution in [1.82, 2.24) is 5.32 Å². The highest BCUT2D eigenvalue weighted by atomic mass is 35.5. The first-order chi connectivity index (χ1) is 10.0. The lowest BCUT2D eigenvalue weighted by molar-refractivity contribution is -0.126. The van der Waals surface area contributed by atoms with Crippen LogP contribution in [-0.2, 0) is 10.3 Å². The number of nitrogens with one attached hydrogen (secondary N) is 1. The van der Waals surface area contributed by atoms with E-state index in [4.69, 9.17) is 11.6 Å². The number of carbonyl (C=O) groups excluding carboxylic acids is 1. The molecule has 3 atom stereocenters. The molecule has 1 aromatic carbocycles. The van der Waals surface area contributed by atoms with E-state index < -0.39 is 17.7 Å². The lowest BCUT2D eigenvalue weighted by Gasteiger charge is -2.44. The first-order valence-electron chi connectivity index (χ1n) is 7.37. The smallest absolute Gasteiger partial charge is 0.248 e. The number of rotatable bonds is 2. The number of aliphatic hydroxyl groups excluding tert-OH is 1. The van der Waals surface area contributed by atoms with Gasteiger partial charge in [-0.2, -0.15) is 0 Å². The third-order valence-electron chi connectivity index (χ3n) is 4.40. The van der Waals surface area contributed by atoms with E-state index >= 15 is 0 Å². The van der Waals surface area contributed by atoms with Crippen LogP contribution in [0.2, 0.25) is 5.02 Å². The van der Waals surface area contributed by atoms with E-state index in [0.29, 0.717) is 5.02 Å². The summed E-state index contributed by atoms with van der Waals surface area (Å²) in [6, 6.07) is 6.88. The zero-order valence-electron chi connectivity index (χ0n) is 12.0. The van der Waals surface area contributed by atoms with E-state index in [0.717, 1.165) is 37.0 Å². The van der Waals surface area contributed by atoms with Crippen LogP contribution in [0.4, 0.5) is 0 Å². The lowest BCUT2D eigenvalue weighted by atomic mass is 9.73. The number of aliphatic imine (C=N–C) groups is 1. The van der Waals surface area contributed by atoms with Gasteiger partial charge in [0.25, 0.3) is 0 Å². The molecule has 3 rings (SSSR count). The van der Waals surface area contributed by atoms with Crippen LogP contribution in [0.5, 0.6) is 0 Å². The van der Waals surface area contributed by atoms with E-state index in [1.165, 1.54) is 0 Å². The molecule has 0 saturated heterocycles. The molecule has 1 heterocycles. The number of halogens is 1. The summed E-state index contributed by atoms with van der Waals surface area (Å²) in [4.78, 5) is 16.9. The zero-order valence-corrected chi connectivity index (χ0v) is 12.7. The first-order valence-corrected chi connectivity index (χ1v) is 7.74. The Labute approximate surface area is 129 Å². The molecule has 1 fully saturated rings. The Morgan fingerprint density at radius 2 is 2.19 bits per heavy atom. The molecule has 2 N–H and O–H groups in total. The summed E-state index contributed by atoms with van der Waals surface area (Å²) in [6.07, 6.45) is 2.91. The number of hydrogen-bond acceptors (Lipinski definition) is 3. The largest absolute Gasteiger partial charge is 0.391 e. The number of aliphatic hydroxyl groups is 1. The van der Waals surface area contributed by atoms with Gasteiger partial charge in [0.05, 0.1) is 6.10 Å². The molecule has 1 aromatic rings. The number of amides is 1. The highest BCUT2D eigenvalue weighted by Crippen LogP contribution is 2.40. The summed E-state index contributed by atoms with van der Waals surface area (Å²) < 4.78 is 0. The Morgan fingerprint density at radius 1 is 1.43 bits per heavy atom. The fourth-order valence-electron chi connectivity index (χ4n) is 3.35. The van der Waals surface area contributed by atoms with Crippen LogP contribution in [0.25, 0.3) is 0 Å². The second-order valence-corrected chi connectivity index (χ2v) is 6.25. The second-order valence-electron chi connectivity index (χ2n) is 5.84. The highest BCUT2D eigenvalue weighted by Gasteiger charge is 2.47. The number of hydrogen-bond donors (Lipinski definition) is 2. The number of fused-ring (bicyclic) bond motifs is 1. The van der Waals surface area contributed by atoms with Crippen molar-refractivity contribution in [3.8, 4) is 0 Å². The van der Waals surface area contributed by atoms with Gasteiger partial charge in [-0.05, 0) is 38.7 Å². The Morgan fingerprint density at radius 3 is 2.90 bits per heavy atom. The third-order valence-corrected chi connectivity index (χ3v) is 4.73. The van der Waals surface area contributed by atoms with E-state index in [1.807, 2.05) is 24.3 Å². The molecule has 21 heavy (non-hydrogen) atoms. The van der Waals surface area contributed by atoms with Crippen molar-refractivity contribution < 1.29 is 9.90 Å². The van der Waals surface area contributed by atoms with Gasteiger partial charge in [0, 0.05) is 16.3 Å². The van der Waals surface area contributed by atoms with Crippen LogP contribution in [0.1, 0.15) is 38.2 Å². The topological polar surface area (TPSA) is 61.7 Å². The Hall–Kier alpha value is -1.39. The monoisotopic (exact) mass is 306 g/mol. The van der Waals surface area contributed by atoms with Gasteiger partial charge >= 0.3 is 0 Å². The highest BCUT2D eigenvalue weighted by molar-refractivity contribution is 6.32. The van der Waals surface area contributed by atoms with Crippen molar-refractivity contribution in [2.75, 3.05) is 0 Å². The van der Waals surface area contributed by atoms with Crippen molar-refractivity contribution in [3.63, 3.8) is 0 Å². The van der Waals surface area contributed by atoms with Crippen molar-refractivity contribution in [2.45, 2.75) is 50.3 Å². The summed E-state index contributed by atoms with van der Waals surface area (Å²) in [6.45, 7) is 1.60. The molecule has 1 amide bonds. The summed E-state index contributed by atoms with van der Waals surface area (Å²) >= 11 is 6.36. The van der Waals surface area contributed by atoms with Gasteiger partial charge in [0.15, 0.2) is 6.04 Å². The fraction of sp³-hybridized carbons (Fsp3) is 0.500. The minimum absolute atomic E-state index is 0.226. The summed E-state index contributed by atoms with van der Waals surface area (Å²) in [5.74, 6) is -0.226. The van der Waals surface area contributed by atoms with Gasteiger partial charge in [0.2, 0.25) is 5.91 Å². The standard InChI is InChI=1S/C16H19ClN2O2/c1-10(20)14-15(21)19-16(9-5-4-8-13(16)18-14)11-6-2-3-7-12(11)17/h2-3,6-7,10,14,20H,4-5,8-9H2,1H3,(H,19,21)/t10?,14?,16-/m1/s1. The minimum atomic E-state index is -0.788. The maximum Gasteiger partial charge on any atom is 0.248 e. The molecule has 0 radical (unpaired) electrons. The van der Waals surface area contributed by atoms with Gasteiger partial charge in [0.1, 0.15) is 5.54 Å². The summed E-state index contributed by atoms with van der Waals surface area (Å²) in [7, 11) is 0. The van der Waals surface area contributed by atoms with Crippen LogP contribution in [0, 0.1) is 0 Å². The van der Waals surface area contributed by atoms with Crippen molar-refractivity contribution >= 4 is 23.2 Å². The van der Waals surface area contributed by atoms with Gasteiger partial charge in [-0.1, -0.05) is 29.8 Å². The molecular formula is C16H19ClN2O2. The van der Waals surface area contributed by atoms with Crippen molar-refractivity contribution in [1.29, 1.82) is 0 Å². The van der Waals surface area contributed by atoms with Crippen LogP contribution in [0.15, 0.2) is 29.3 Å². The van der Waals surface area contributed by atoms with Crippen LogP contribution < -0.4 is 5.32 Å². The maximum absolute atomic E-state index is 12.4. The fourth-order valence-corrected chi connectivity index (χ4v) is 3.65. The van der Waals surface area contributed by atoms with E-state index in [9.17, 15) is 9.90 Å². The van der Waals surface area contributed by atoms with E-state index in [-0.39, 0.29) is 5.91 Å². The number of nitrogens with zero attached hydrogens (tertiary/aromatic N) is 1. The average molecular weight is 307 g/mol. The average Bonchev–Trinajstić information content (AvgIpc) is 2.46. The molecule has 0 spiro atoms. The van der Waals surface area contributed by atoms with Gasteiger partial charge in [-0.3, -0.25) is 9.79 Å². The molecule has 1 aliphatic heterocycles. The van der Waals surface area contributed by atoms with Gasteiger partial charge in [-0.15, -0.1) is 0 Å². The molecule has 1 aliphatic carbocycles. The summed E-state index contributed by atoms with van der Waals surface area (Å²) in [5.41, 5.74) is 1.24. The molecule has 112 valence electrons. The van der Waals surface area contributed by atoms with Crippen molar-refractivity contribution in [2.24, 2.45) is 4.99 Å². The molecule has 1 saturated carbocycles. The van der Waals surface area contributed by atoms with E-state index in [2.05, 4.69) is 10.3 Å². The Balaban J connectivity index is 2.13. The lowest BCUT2D eigenvalue weighted by Crippen LogP contribution is -2.61. The second kappa shape index (κ2) is 5.43. The van der Waals surface area contributed by atoms with E-state index in [1.54, 1.807) is 6.92 Å². The number of benzene rings is 1. The van der Waals surface area contributed by atoms with Crippen LogP contribution >= 0.6 is 11.6 Å².